The van der Waals surface area contributed by atoms with Gasteiger partial charge < -0.3 is 5.32 Å². The molecule has 0 aromatic heterocycles. The van der Waals surface area contributed by atoms with Crippen LogP contribution in [0.1, 0.15) is 41.0 Å². The second kappa shape index (κ2) is 5.85. The Labute approximate surface area is 82.9 Å². The fourth-order valence-electron chi connectivity index (χ4n) is 1.11. The van der Waals surface area contributed by atoms with Crippen molar-refractivity contribution in [2.45, 2.75) is 47.1 Å². The fraction of sp³-hybridized carbons (Fsp3) is 0.667. The summed E-state index contributed by atoms with van der Waals surface area (Å²) in [7, 11) is 0. The Morgan fingerprint density at radius 3 is 2.31 bits per heavy atom. The molecule has 0 aliphatic carbocycles. The summed E-state index contributed by atoms with van der Waals surface area (Å²) >= 11 is 0. The van der Waals surface area contributed by atoms with E-state index in [1.54, 1.807) is 0 Å². The number of hydrogen-bond donors (Lipinski definition) is 1. The Balaban J connectivity index is 4.11. The van der Waals surface area contributed by atoms with Gasteiger partial charge in [-0.3, -0.25) is 0 Å². The Hall–Kier alpha value is -0.720. The Kier molecular flexibility index (Phi) is 5.52. The Bertz CT molecular complexity index is 189. The summed E-state index contributed by atoms with van der Waals surface area (Å²) in [4.78, 5) is 0. The lowest BCUT2D eigenvalue weighted by molar-refractivity contribution is 0.599. The summed E-state index contributed by atoms with van der Waals surface area (Å²) in [5.41, 5.74) is 2.32. The Morgan fingerprint density at radius 2 is 1.92 bits per heavy atom. The monoisotopic (exact) mass is 181 g/mol. The summed E-state index contributed by atoms with van der Waals surface area (Å²) in [6.45, 7) is 14.8. The first kappa shape index (κ1) is 12.3. The van der Waals surface area contributed by atoms with Crippen LogP contribution in [-0.4, -0.2) is 6.04 Å². The van der Waals surface area contributed by atoms with E-state index in [0.717, 1.165) is 12.1 Å². The fourth-order valence-corrected chi connectivity index (χ4v) is 1.11. The van der Waals surface area contributed by atoms with Crippen molar-refractivity contribution in [2.75, 3.05) is 0 Å². The van der Waals surface area contributed by atoms with E-state index >= 15 is 0 Å². The van der Waals surface area contributed by atoms with Crippen LogP contribution in [0.25, 0.3) is 0 Å². The van der Waals surface area contributed by atoms with Gasteiger partial charge in [0, 0.05) is 11.7 Å². The van der Waals surface area contributed by atoms with Gasteiger partial charge in [0.2, 0.25) is 0 Å². The summed E-state index contributed by atoms with van der Waals surface area (Å²) in [5.74, 6) is 0.593. The van der Waals surface area contributed by atoms with Crippen molar-refractivity contribution in [3.8, 4) is 0 Å². The first-order chi connectivity index (χ1) is 5.97. The lowest BCUT2D eigenvalue weighted by atomic mass is 10.1. The maximum atomic E-state index is 4.02. The number of allylic oxidation sites excluding steroid dienone is 2. The van der Waals surface area contributed by atoms with Gasteiger partial charge in [-0.2, -0.15) is 0 Å². The molecule has 0 aromatic rings. The lowest BCUT2D eigenvalue weighted by Gasteiger charge is -2.16. The van der Waals surface area contributed by atoms with E-state index in [2.05, 4.69) is 52.6 Å². The van der Waals surface area contributed by atoms with Crippen molar-refractivity contribution in [1.29, 1.82) is 0 Å². The highest BCUT2D eigenvalue weighted by atomic mass is 14.9. The normalized spacial score (nSPS) is 14.5. The van der Waals surface area contributed by atoms with E-state index in [-0.39, 0.29) is 0 Å². The zero-order chi connectivity index (χ0) is 10.4. The summed E-state index contributed by atoms with van der Waals surface area (Å²) in [6, 6.07) is 0.517. The van der Waals surface area contributed by atoms with Crippen LogP contribution in [0.3, 0.4) is 0 Å². The van der Waals surface area contributed by atoms with E-state index in [9.17, 15) is 0 Å². The molecule has 0 bridgehead atoms. The van der Waals surface area contributed by atoms with Gasteiger partial charge in [0.05, 0.1) is 0 Å². The molecule has 0 heterocycles. The molecule has 0 saturated heterocycles. The molecule has 1 nitrogen and oxygen atoms in total. The topological polar surface area (TPSA) is 12.0 Å². The molecule has 0 radical (unpaired) electrons. The highest BCUT2D eigenvalue weighted by Gasteiger charge is 2.01. The summed E-state index contributed by atoms with van der Waals surface area (Å²) in [5, 5.41) is 3.37. The molecular weight excluding hydrogens is 158 g/mol. The number of nitrogens with one attached hydrogen (secondary N) is 1. The zero-order valence-corrected chi connectivity index (χ0v) is 9.65. The van der Waals surface area contributed by atoms with E-state index in [1.165, 1.54) is 5.57 Å². The largest absolute Gasteiger partial charge is 0.383 e. The third-order valence-electron chi connectivity index (χ3n) is 2.09. The van der Waals surface area contributed by atoms with Crippen molar-refractivity contribution in [3.05, 3.63) is 23.9 Å². The molecule has 0 aliphatic heterocycles. The molecule has 0 aliphatic rings. The third-order valence-corrected chi connectivity index (χ3v) is 2.09. The average Bonchev–Trinajstić information content (AvgIpc) is 2.02. The smallest absolute Gasteiger partial charge is 0.0295 e. The molecule has 0 fully saturated rings. The number of hydrogen-bond acceptors (Lipinski definition) is 1. The van der Waals surface area contributed by atoms with Crippen LogP contribution < -0.4 is 5.32 Å². The van der Waals surface area contributed by atoms with Crippen molar-refractivity contribution < 1.29 is 0 Å². The number of rotatable bonds is 5. The second-order valence-electron chi connectivity index (χ2n) is 4.03. The van der Waals surface area contributed by atoms with Gasteiger partial charge >= 0.3 is 0 Å². The highest BCUT2D eigenvalue weighted by molar-refractivity contribution is 5.25. The molecule has 0 saturated carbocycles. The molecule has 1 unspecified atom stereocenters. The minimum absolute atomic E-state index is 0.517. The summed E-state index contributed by atoms with van der Waals surface area (Å²) < 4.78 is 0. The van der Waals surface area contributed by atoms with Gasteiger partial charge in [0.15, 0.2) is 0 Å². The maximum absolute atomic E-state index is 4.02. The van der Waals surface area contributed by atoms with Gasteiger partial charge in [-0.05, 0) is 31.8 Å². The minimum Gasteiger partial charge on any atom is -0.383 e. The molecule has 1 heteroatoms. The molecule has 1 N–H and O–H groups in total. The Morgan fingerprint density at radius 1 is 1.38 bits per heavy atom. The molecule has 0 amide bonds. The molecule has 0 spiro atoms. The predicted molar refractivity (Wildman–Crippen MR) is 60.6 cm³/mol. The van der Waals surface area contributed by atoms with Crippen LogP contribution in [0.2, 0.25) is 0 Å². The molecule has 13 heavy (non-hydrogen) atoms. The first-order valence-corrected chi connectivity index (χ1v) is 5.11. The molecule has 76 valence electrons. The molecular formula is C12H23N. The zero-order valence-electron chi connectivity index (χ0n) is 9.65. The van der Waals surface area contributed by atoms with Crippen molar-refractivity contribution in [2.24, 2.45) is 5.92 Å². The minimum atomic E-state index is 0.517. The van der Waals surface area contributed by atoms with Crippen LogP contribution in [0.15, 0.2) is 23.9 Å². The summed E-state index contributed by atoms with van der Waals surface area (Å²) in [6.07, 6.45) is 3.37. The van der Waals surface area contributed by atoms with Crippen LogP contribution in [0.5, 0.6) is 0 Å². The molecule has 0 aromatic carbocycles. The van der Waals surface area contributed by atoms with Crippen LogP contribution >= 0.6 is 0 Å². The molecule has 0 rings (SSSR count). The van der Waals surface area contributed by atoms with Gasteiger partial charge in [0.1, 0.15) is 0 Å². The van der Waals surface area contributed by atoms with Gasteiger partial charge in [-0.25, -0.2) is 0 Å². The van der Waals surface area contributed by atoms with Crippen LogP contribution in [-0.2, 0) is 0 Å². The third kappa shape index (κ3) is 5.51. The first-order valence-electron chi connectivity index (χ1n) is 5.11. The SMILES string of the molecule is C=C(NC(C)CC)/C(C)=C/C(C)C. The van der Waals surface area contributed by atoms with E-state index in [1.807, 2.05) is 0 Å². The van der Waals surface area contributed by atoms with Crippen molar-refractivity contribution in [3.63, 3.8) is 0 Å². The van der Waals surface area contributed by atoms with Crippen LogP contribution in [0.4, 0.5) is 0 Å². The van der Waals surface area contributed by atoms with Crippen molar-refractivity contribution >= 4 is 0 Å². The lowest BCUT2D eigenvalue weighted by Crippen LogP contribution is -2.24. The van der Waals surface area contributed by atoms with Gasteiger partial charge in [0.25, 0.3) is 0 Å². The van der Waals surface area contributed by atoms with Crippen LogP contribution in [0, 0.1) is 5.92 Å². The van der Waals surface area contributed by atoms with E-state index < -0.39 is 0 Å². The van der Waals surface area contributed by atoms with Gasteiger partial charge in [-0.15, -0.1) is 0 Å². The quantitative estimate of drug-likeness (QED) is 0.640. The van der Waals surface area contributed by atoms with E-state index in [4.69, 9.17) is 0 Å². The van der Waals surface area contributed by atoms with Gasteiger partial charge in [-0.1, -0.05) is 33.4 Å². The predicted octanol–water partition coefficient (Wildman–Crippen LogP) is 3.49. The second-order valence-corrected chi connectivity index (χ2v) is 4.03. The molecule has 1 atom stereocenters. The maximum Gasteiger partial charge on any atom is 0.0295 e. The van der Waals surface area contributed by atoms with E-state index in [0.29, 0.717) is 12.0 Å². The van der Waals surface area contributed by atoms with Crippen molar-refractivity contribution in [1.82, 2.24) is 5.32 Å². The average molecular weight is 181 g/mol. The standard InChI is InChI=1S/C12H23N/c1-7-11(5)13-12(6)10(4)8-9(2)3/h8-9,11,13H,6-7H2,1-5H3/b10-8+. The highest BCUT2D eigenvalue weighted by Crippen LogP contribution is 2.09.